The second-order valence-corrected chi connectivity index (χ2v) is 11.8. The van der Waals surface area contributed by atoms with E-state index in [-0.39, 0.29) is 17.6 Å². The summed E-state index contributed by atoms with van der Waals surface area (Å²) in [6.45, 7) is 4.79. The molecular weight excluding hydrogens is 573 g/mol. The Labute approximate surface area is 254 Å². The molecule has 0 saturated carbocycles. The topological polar surface area (TPSA) is 104 Å². The molecule has 0 spiro atoms. The molecule has 11 heteroatoms. The number of carboxylic acid groups (broad SMARTS) is 1. The lowest BCUT2D eigenvalue weighted by Crippen LogP contribution is -2.37. The Hall–Kier alpha value is -3.73. The summed E-state index contributed by atoms with van der Waals surface area (Å²) in [5.41, 5.74) is 3.80. The van der Waals surface area contributed by atoms with Crippen molar-refractivity contribution < 1.29 is 24.1 Å². The van der Waals surface area contributed by atoms with Crippen molar-refractivity contribution in [3.8, 4) is 5.75 Å². The molecule has 4 heterocycles. The molecule has 2 unspecified atom stereocenters. The van der Waals surface area contributed by atoms with Gasteiger partial charge in [-0.25, -0.2) is 19.2 Å². The number of nitrogens with zero attached hydrogens (tertiary/aromatic N) is 5. The molecule has 6 rings (SSSR count). The number of hydrogen-bond acceptors (Lipinski definition) is 7. The van der Waals surface area contributed by atoms with Crippen molar-refractivity contribution in [2.45, 2.75) is 57.3 Å². The molecule has 226 valence electrons. The van der Waals surface area contributed by atoms with E-state index in [0.717, 1.165) is 43.2 Å². The van der Waals surface area contributed by atoms with E-state index in [1.165, 1.54) is 17.7 Å². The normalized spacial score (nSPS) is 18.4. The van der Waals surface area contributed by atoms with Gasteiger partial charge in [0, 0.05) is 17.6 Å². The molecule has 9 nitrogen and oxygen atoms in total. The number of hydrogen-bond donors (Lipinski definition) is 2. The number of aliphatic hydroxyl groups is 1. The van der Waals surface area contributed by atoms with Crippen molar-refractivity contribution in [2.75, 3.05) is 31.6 Å². The smallest absolute Gasteiger partial charge is 0.354 e. The van der Waals surface area contributed by atoms with Crippen LogP contribution < -0.4 is 9.64 Å². The Morgan fingerprint density at radius 1 is 1.14 bits per heavy atom. The van der Waals surface area contributed by atoms with Crippen LogP contribution in [0.1, 0.15) is 65.6 Å². The van der Waals surface area contributed by atoms with E-state index in [0.29, 0.717) is 53.8 Å². The molecule has 1 fully saturated rings. The van der Waals surface area contributed by atoms with Gasteiger partial charge in [0.25, 0.3) is 0 Å². The van der Waals surface area contributed by atoms with Gasteiger partial charge in [-0.1, -0.05) is 36.7 Å². The summed E-state index contributed by atoms with van der Waals surface area (Å²) in [4.78, 5) is 25.1. The molecular formula is C32H35ClFN5O4. The molecule has 2 aromatic carbocycles. The van der Waals surface area contributed by atoms with Crippen molar-refractivity contribution in [1.82, 2.24) is 19.4 Å². The van der Waals surface area contributed by atoms with Crippen molar-refractivity contribution >= 4 is 34.4 Å². The number of anilines is 1. The minimum atomic E-state index is -1.10. The SMILES string of the molecule is CCC(O)Cn1c(CN2CCC(c3cccc4c3N(C)C(c3ccc(Cl)cc3F)CO4)CC2)nc2ccc(C(=O)O)nc21. The molecule has 4 aromatic rings. The van der Waals surface area contributed by atoms with Gasteiger partial charge in [0.15, 0.2) is 11.3 Å². The summed E-state index contributed by atoms with van der Waals surface area (Å²) in [5, 5.41) is 20.3. The van der Waals surface area contributed by atoms with Gasteiger partial charge in [0.1, 0.15) is 29.5 Å². The Morgan fingerprint density at radius 2 is 1.93 bits per heavy atom. The fourth-order valence-corrected chi connectivity index (χ4v) is 6.45. The Kier molecular flexibility index (Phi) is 8.26. The van der Waals surface area contributed by atoms with Crippen LogP contribution in [0.4, 0.5) is 10.1 Å². The molecule has 0 bridgehead atoms. The third kappa shape index (κ3) is 5.79. The molecule has 43 heavy (non-hydrogen) atoms. The second-order valence-electron chi connectivity index (χ2n) is 11.4. The Morgan fingerprint density at radius 3 is 2.65 bits per heavy atom. The number of likely N-dealkylation sites (N-methyl/N-ethyl adjacent to an activating group) is 1. The van der Waals surface area contributed by atoms with Crippen molar-refractivity contribution in [1.29, 1.82) is 0 Å². The van der Waals surface area contributed by atoms with Crippen LogP contribution in [-0.2, 0) is 13.1 Å². The standard InChI is InChI=1S/C32H35ClFN5O4/c1-3-21(40)16-39-29(35-25-9-10-26(32(41)42)36-31(25)39)17-38-13-11-19(12-14-38)22-5-4-6-28-30(22)37(2)27(18-43-28)23-8-7-20(33)15-24(23)34/h4-10,15,19,21,27,40H,3,11-14,16-18H2,1-2H3,(H,41,42). The number of likely N-dealkylation sites (tertiary alicyclic amines) is 1. The first-order valence-corrected chi connectivity index (χ1v) is 15.0. The first-order valence-electron chi connectivity index (χ1n) is 14.7. The molecule has 2 aliphatic rings. The molecule has 2 aromatic heterocycles. The van der Waals surface area contributed by atoms with Gasteiger partial charge >= 0.3 is 5.97 Å². The quantitative estimate of drug-likeness (QED) is 0.265. The maximum atomic E-state index is 14.9. The first kappa shape index (κ1) is 29.3. The predicted octanol–water partition coefficient (Wildman–Crippen LogP) is 5.64. The van der Waals surface area contributed by atoms with E-state index >= 15 is 0 Å². The lowest BCUT2D eigenvalue weighted by molar-refractivity contribution is 0.0691. The van der Waals surface area contributed by atoms with Crippen LogP contribution in [0, 0.1) is 5.82 Å². The van der Waals surface area contributed by atoms with Crippen molar-refractivity contribution in [2.24, 2.45) is 0 Å². The number of aromatic nitrogens is 3. The number of aromatic carboxylic acids is 1. The maximum absolute atomic E-state index is 14.9. The van der Waals surface area contributed by atoms with Crippen LogP contribution in [-0.4, -0.2) is 68.5 Å². The summed E-state index contributed by atoms with van der Waals surface area (Å²) >= 11 is 6.01. The summed E-state index contributed by atoms with van der Waals surface area (Å²) in [7, 11) is 2.00. The predicted molar refractivity (Wildman–Crippen MR) is 163 cm³/mol. The zero-order valence-corrected chi connectivity index (χ0v) is 25.0. The largest absolute Gasteiger partial charge is 0.489 e. The molecule has 2 atom stereocenters. The molecule has 0 radical (unpaired) electrons. The van der Waals surface area contributed by atoms with Crippen LogP contribution in [0.3, 0.4) is 0 Å². The van der Waals surface area contributed by atoms with E-state index in [9.17, 15) is 19.4 Å². The highest BCUT2D eigenvalue weighted by Gasteiger charge is 2.33. The minimum Gasteiger partial charge on any atom is -0.489 e. The second kappa shape index (κ2) is 12.1. The highest BCUT2D eigenvalue weighted by Crippen LogP contribution is 2.46. The summed E-state index contributed by atoms with van der Waals surface area (Å²) in [5.74, 6) is 0.428. The number of imidazole rings is 1. The van der Waals surface area contributed by atoms with Crippen molar-refractivity contribution in [3.05, 3.63) is 82.0 Å². The molecule has 2 aliphatic heterocycles. The average molecular weight is 608 g/mol. The lowest BCUT2D eigenvalue weighted by atomic mass is 9.87. The zero-order valence-electron chi connectivity index (χ0n) is 24.2. The third-order valence-corrected chi connectivity index (χ3v) is 8.95. The van der Waals surface area contributed by atoms with Crippen LogP contribution in [0.2, 0.25) is 5.02 Å². The number of para-hydroxylation sites is 1. The van der Waals surface area contributed by atoms with Crippen LogP contribution >= 0.6 is 11.6 Å². The lowest BCUT2D eigenvalue weighted by Gasteiger charge is -2.40. The number of ether oxygens (including phenoxy) is 1. The van der Waals surface area contributed by atoms with Gasteiger partial charge in [0.2, 0.25) is 0 Å². The van der Waals surface area contributed by atoms with Gasteiger partial charge < -0.3 is 24.4 Å². The number of aliphatic hydroxyl groups excluding tert-OH is 1. The van der Waals surface area contributed by atoms with Gasteiger partial charge in [-0.05, 0) is 74.2 Å². The highest BCUT2D eigenvalue weighted by molar-refractivity contribution is 6.30. The van der Waals surface area contributed by atoms with E-state index in [1.807, 2.05) is 30.7 Å². The summed E-state index contributed by atoms with van der Waals surface area (Å²) in [6, 6.07) is 13.8. The van der Waals surface area contributed by atoms with E-state index < -0.39 is 12.1 Å². The number of carbonyl (C=O) groups is 1. The van der Waals surface area contributed by atoms with Gasteiger partial charge in [0.05, 0.1) is 30.9 Å². The van der Waals surface area contributed by atoms with Crippen LogP contribution in [0.25, 0.3) is 11.2 Å². The fourth-order valence-electron chi connectivity index (χ4n) is 6.29. The number of carboxylic acids is 1. The summed E-state index contributed by atoms with van der Waals surface area (Å²) in [6.07, 6.45) is 1.81. The number of pyridine rings is 1. The molecule has 2 N–H and O–H groups in total. The molecule has 1 saturated heterocycles. The summed E-state index contributed by atoms with van der Waals surface area (Å²) < 4.78 is 22.9. The van der Waals surface area contributed by atoms with E-state index in [4.69, 9.17) is 21.3 Å². The number of piperidine rings is 1. The maximum Gasteiger partial charge on any atom is 0.354 e. The van der Waals surface area contributed by atoms with Gasteiger partial charge in [-0.15, -0.1) is 0 Å². The fraction of sp³-hybridized carbons (Fsp3) is 0.406. The van der Waals surface area contributed by atoms with E-state index in [2.05, 4.69) is 20.9 Å². The molecule has 0 amide bonds. The number of halogens is 2. The average Bonchev–Trinajstić information content (AvgIpc) is 3.33. The Balaban J connectivity index is 1.21. The minimum absolute atomic E-state index is 0.0480. The molecule has 0 aliphatic carbocycles. The number of fused-ring (bicyclic) bond motifs is 2. The van der Waals surface area contributed by atoms with Crippen molar-refractivity contribution in [3.63, 3.8) is 0 Å². The zero-order chi connectivity index (χ0) is 30.2. The number of rotatable bonds is 8. The number of benzene rings is 2. The van der Waals surface area contributed by atoms with E-state index in [1.54, 1.807) is 18.2 Å². The third-order valence-electron chi connectivity index (χ3n) is 8.72. The monoisotopic (exact) mass is 607 g/mol. The highest BCUT2D eigenvalue weighted by atomic mass is 35.5. The van der Waals surface area contributed by atoms with Gasteiger partial charge in [-0.2, -0.15) is 0 Å². The first-order chi connectivity index (χ1) is 20.7. The van der Waals surface area contributed by atoms with Gasteiger partial charge in [-0.3, -0.25) is 4.90 Å². The Bertz CT molecular complexity index is 1650. The van der Waals surface area contributed by atoms with Crippen LogP contribution in [0.15, 0.2) is 48.5 Å². The van der Waals surface area contributed by atoms with Crippen LogP contribution in [0.5, 0.6) is 5.75 Å².